The van der Waals surface area contributed by atoms with Crippen molar-refractivity contribution in [2.24, 2.45) is 0 Å². The fraction of sp³-hybridized carbons (Fsp3) is 0.636. The van der Waals surface area contributed by atoms with Crippen LogP contribution < -0.4 is 0 Å². The Balaban J connectivity index is 2.40. The summed E-state index contributed by atoms with van der Waals surface area (Å²) < 4.78 is 5.48. The molecule has 0 saturated heterocycles. The molecule has 1 aromatic heterocycles. The Hall–Kier alpha value is -0.760. The molecule has 2 heteroatoms. The second-order valence-electron chi connectivity index (χ2n) is 4.16. The third-order valence-electron chi connectivity index (χ3n) is 3.17. The minimum absolute atomic E-state index is 0.0157. The second kappa shape index (κ2) is 2.61. The van der Waals surface area contributed by atoms with Crippen molar-refractivity contribution in [3.8, 4) is 0 Å². The second-order valence-corrected chi connectivity index (χ2v) is 4.16. The van der Waals surface area contributed by atoms with Gasteiger partial charge in [0, 0.05) is 11.0 Å². The summed E-state index contributed by atoms with van der Waals surface area (Å²) in [5.74, 6) is 1.91. The first kappa shape index (κ1) is 8.82. The number of hydrogen-bond donors (Lipinski definition) is 1. The van der Waals surface area contributed by atoms with Crippen molar-refractivity contribution in [3.63, 3.8) is 0 Å². The summed E-state index contributed by atoms with van der Waals surface area (Å²) in [5, 5.41) is 9.69. The Labute approximate surface area is 78.6 Å². The smallest absolute Gasteiger partial charge is 0.104 e. The van der Waals surface area contributed by atoms with Gasteiger partial charge in [-0.3, -0.25) is 0 Å². The molecule has 2 nitrogen and oxygen atoms in total. The molecule has 0 bridgehead atoms. The zero-order valence-corrected chi connectivity index (χ0v) is 8.42. The van der Waals surface area contributed by atoms with E-state index >= 15 is 0 Å². The van der Waals surface area contributed by atoms with Gasteiger partial charge in [-0.1, -0.05) is 0 Å². The van der Waals surface area contributed by atoms with Gasteiger partial charge in [0.05, 0.1) is 6.10 Å². The van der Waals surface area contributed by atoms with E-state index in [2.05, 4.69) is 6.07 Å². The van der Waals surface area contributed by atoms with Crippen molar-refractivity contribution >= 4 is 0 Å². The molecule has 1 heterocycles. The van der Waals surface area contributed by atoms with Crippen LogP contribution in [-0.4, -0.2) is 11.2 Å². The molecular weight excluding hydrogens is 164 g/mol. The zero-order chi connectivity index (χ0) is 9.64. The van der Waals surface area contributed by atoms with Gasteiger partial charge in [-0.25, -0.2) is 0 Å². The van der Waals surface area contributed by atoms with Crippen LogP contribution in [-0.2, 0) is 5.41 Å². The van der Waals surface area contributed by atoms with Crippen molar-refractivity contribution in [1.29, 1.82) is 0 Å². The number of aliphatic hydroxyl groups is 1. The lowest BCUT2D eigenvalue weighted by atomic mass is 9.91. The van der Waals surface area contributed by atoms with E-state index in [1.165, 1.54) is 5.56 Å². The molecule has 0 spiro atoms. The largest absolute Gasteiger partial charge is 0.466 e. The van der Waals surface area contributed by atoms with Gasteiger partial charge in [-0.15, -0.1) is 0 Å². The lowest BCUT2D eigenvalue weighted by Gasteiger charge is -2.17. The lowest BCUT2D eigenvalue weighted by molar-refractivity contribution is 0.150. The highest BCUT2D eigenvalue weighted by Gasteiger charge is 2.50. The SMILES string of the molecule is Cc1cc(C2(C(C)O)CC2)c(C)o1. The standard InChI is InChI=1S/C11H16O2/c1-7-6-10(8(2)13-7)11(4-5-11)9(3)12/h6,9,12H,4-5H2,1-3H3. The molecule has 1 fully saturated rings. The minimum Gasteiger partial charge on any atom is -0.466 e. The highest BCUT2D eigenvalue weighted by molar-refractivity contribution is 5.36. The first-order valence-corrected chi connectivity index (χ1v) is 4.82. The van der Waals surface area contributed by atoms with Crippen molar-refractivity contribution in [1.82, 2.24) is 0 Å². The molecule has 1 aliphatic carbocycles. The van der Waals surface area contributed by atoms with Gasteiger partial charge in [-0.2, -0.15) is 0 Å². The maximum Gasteiger partial charge on any atom is 0.104 e. The summed E-state index contributed by atoms with van der Waals surface area (Å²) in [6.07, 6.45) is 1.91. The fourth-order valence-electron chi connectivity index (χ4n) is 2.17. The van der Waals surface area contributed by atoms with Crippen molar-refractivity contribution in [3.05, 3.63) is 23.2 Å². The van der Waals surface area contributed by atoms with Crippen LogP contribution in [0.2, 0.25) is 0 Å². The van der Waals surface area contributed by atoms with Crippen LogP contribution in [0, 0.1) is 13.8 Å². The lowest BCUT2D eigenvalue weighted by Crippen LogP contribution is -2.22. The van der Waals surface area contributed by atoms with Gasteiger partial charge in [0.25, 0.3) is 0 Å². The van der Waals surface area contributed by atoms with E-state index in [4.69, 9.17) is 4.42 Å². The predicted octanol–water partition coefficient (Wildman–Crippen LogP) is 2.31. The van der Waals surface area contributed by atoms with E-state index in [9.17, 15) is 5.11 Å². The van der Waals surface area contributed by atoms with Crippen molar-refractivity contribution < 1.29 is 9.52 Å². The number of aliphatic hydroxyl groups excluding tert-OH is 1. The summed E-state index contributed by atoms with van der Waals surface area (Å²) in [4.78, 5) is 0. The molecule has 2 rings (SSSR count). The summed E-state index contributed by atoms with van der Waals surface area (Å²) in [6, 6.07) is 2.06. The average Bonchev–Trinajstić information content (AvgIpc) is 2.75. The summed E-state index contributed by atoms with van der Waals surface area (Å²) in [5.41, 5.74) is 1.22. The molecule has 1 N–H and O–H groups in total. The van der Waals surface area contributed by atoms with E-state index in [1.807, 2.05) is 20.8 Å². The monoisotopic (exact) mass is 180 g/mol. The maximum atomic E-state index is 9.69. The maximum absolute atomic E-state index is 9.69. The quantitative estimate of drug-likeness (QED) is 0.757. The molecule has 0 radical (unpaired) electrons. The normalized spacial score (nSPS) is 21.5. The first-order valence-electron chi connectivity index (χ1n) is 4.82. The zero-order valence-electron chi connectivity index (χ0n) is 8.42. The molecule has 0 amide bonds. The molecule has 13 heavy (non-hydrogen) atoms. The molecule has 1 atom stereocenters. The van der Waals surface area contributed by atoms with Gasteiger partial charge < -0.3 is 9.52 Å². The first-order chi connectivity index (χ1) is 6.06. The molecule has 0 aromatic carbocycles. The minimum atomic E-state index is -0.261. The van der Waals surface area contributed by atoms with Crippen LogP contribution >= 0.6 is 0 Å². The molecule has 1 aromatic rings. The molecule has 0 aliphatic heterocycles. The van der Waals surface area contributed by atoms with Crippen LogP contribution in [0.1, 0.15) is 36.8 Å². The van der Waals surface area contributed by atoms with E-state index < -0.39 is 0 Å². The van der Waals surface area contributed by atoms with Gasteiger partial charge in [-0.05, 0) is 39.7 Å². The Morgan fingerprint density at radius 2 is 2.08 bits per heavy atom. The van der Waals surface area contributed by atoms with Crippen LogP contribution in [0.15, 0.2) is 10.5 Å². The number of aryl methyl sites for hydroxylation is 2. The van der Waals surface area contributed by atoms with E-state index in [0.29, 0.717) is 0 Å². The summed E-state index contributed by atoms with van der Waals surface area (Å²) >= 11 is 0. The van der Waals surface area contributed by atoms with Crippen molar-refractivity contribution in [2.75, 3.05) is 0 Å². The summed E-state index contributed by atoms with van der Waals surface area (Å²) in [6.45, 7) is 5.80. The fourth-order valence-corrected chi connectivity index (χ4v) is 2.17. The number of rotatable bonds is 2. The van der Waals surface area contributed by atoms with Gasteiger partial charge in [0.2, 0.25) is 0 Å². The van der Waals surface area contributed by atoms with Crippen LogP contribution in [0.5, 0.6) is 0 Å². The summed E-state index contributed by atoms with van der Waals surface area (Å²) in [7, 11) is 0. The third-order valence-corrected chi connectivity index (χ3v) is 3.17. The van der Waals surface area contributed by atoms with Crippen molar-refractivity contribution in [2.45, 2.75) is 45.1 Å². The molecule has 1 saturated carbocycles. The molecule has 1 aliphatic rings. The van der Waals surface area contributed by atoms with Gasteiger partial charge in [0.15, 0.2) is 0 Å². The van der Waals surface area contributed by atoms with E-state index in [0.717, 1.165) is 24.4 Å². The molecular formula is C11H16O2. The number of furan rings is 1. The predicted molar refractivity (Wildman–Crippen MR) is 50.8 cm³/mol. The Morgan fingerprint density at radius 3 is 2.38 bits per heavy atom. The Morgan fingerprint density at radius 1 is 1.46 bits per heavy atom. The molecule has 1 unspecified atom stereocenters. The van der Waals surface area contributed by atoms with Gasteiger partial charge >= 0.3 is 0 Å². The van der Waals surface area contributed by atoms with Gasteiger partial charge in [0.1, 0.15) is 11.5 Å². The van der Waals surface area contributed by atoms with Crippen LogP contribution in [0.25, 0.3) is 0 Å². The van der Waals surface area contributed by atoms with Crippen LogP contribution in [0.3, 0.4) is 0 Å². The van der Waals surface area contributed by atoms with E-state index in [1.54, 1.807) is 0 Å². The van der Waals surface area contributed by atoms with E-state index in [-0.39, 0.29) is 11.5 Å². The van der Waals surface area contributed by atoms with Crippen LogP contribution in [0.4, 0.5) is 0 Å². The highest BCUT2D eigenvalue weighted by atomic mass is 16.3. The Kier molecular flexibility index (Phi) is 1.77. The Bertz CT molecular complexity index is 319. The highest BCUT2D eigenvalue weighted by Crippen LogP contribution is 2.52. The third kappa shape index (κ3) is 1.20. The molecule has 72 valence electrons. The number of hydrogen-bond acceptors (Lipinski definition) is 2. The topological polar surface area (TPSA) is 33.4 Å². The average molecular weight is 180 g/mol.